The Hall–Kier alpha value is -0.870. The summed E-state index contributed by atoms with van der Waals surface area (Å²) in [5, 5.41) is 12.6. The van der Waals surface area contributed by atoms with E-state index in [2.05, 4.69) is 14.9 Å². The molecule has 2 N–H and O–H groups in total. The summed E-state index contributed by atoms with van der Waals surface area (Å²) < 4.78 is 2.38. The van der Waals surface area contributed by atoms with E-state index in [1.54, 1.807) is 0 Å². The van der Waals surface area contributed by atoms with E-state index in [1.165, 1.54) is 17.9 Å². The van der Waals surface area contributed by atoms with E-state index >= 15 is 0 Å². The lowest BCUT2D eigenvalue weighted by atomic mass is 9.97. The molecule has 0 radical (unpaired) electrons. The molecule has 0 saturated carbocycles. The summed E-state index contributed by atoms with van der Waals surface area (Å²) >= 11 is 0. The van der Waals surface area contributed by atoms with Crippen molar-refractivity contribution in [3.8, 4) is 0 Å². The Balaban J connectivity index is 1.84. The Kier molecular flexibility index (Phi) is 2.69. The molecule has 3 heterocycles. The second-order valence-corrected chi connectivity index (χ2v) is 4.99. The minimum atomic E-state index is 0.311. The lowest BCUT2D eigenvalue weighted by Crippen LogP contribution is -2.23. The van der Waals surface area contributed by atoms with E-state index in [0.717, 1.165) is 32.5 Å². The van der Waals surface area contributed by atoms with E-state index in [-0.39, 0.29) is 0 Å². The smallest absolute Gasteiger partial charge is 0.113 e. The van der Waals surface area contributed by atoms with Gasteiger partial charge in [0.1, 0.15) is 5.82 Å². The van der Waals surface area contributed by atoms with E-state index in [1.807, 2.05) is 6.20 Å². The van der Waals surface area contributed by atoms with Crippen molar-refractivity contribution in [3.63, 3.8) is 0 Å². The molecule has 1 saturated heterocycles. The highest BCUT2D eigenvalue weighted by atomic mass is 16.3. The average Bonchev–Trinajstić information content (AvgIpc) is 2.96. The molecule has 1 aromatic heterocycles. The molecule has 0 amide bonds. The van der Waals surface area contributed by atoms with Crippen LogP contribution in [0, 0.1) is 5.92 Å². The number of nitrogens with zero attached hydrogens (tertiary/aromatic N) is 2. The Morgan fingerprint density at radius 2 is 2.44 bits per heavy atom. The second kappa shape index (κ2) is 4.18. The minimum Gasteiger partial charge on any atom is -0.396 e. The molecular weight excluding hydrogens is 202 g/mol. The molecule has 4 nitrogen and oxygen atoms in total. The van der Waals surface area contributed by atoms with Crippen molar-refractivity contribution in [2.75, 3.05) is 19.7 Å². The molecule has 2 atom stereocenters. The first kappa shape index (κ1) is 10.3. The molecule has 1 fully saturated rings. The van der Waals surface area contributed by atoms with Gasteiger partial charge in [0.25, 0.3) is 0 Å². The van der Waals surface area contributed by atoms with Crippen LogP contribution in [0.5, 0.6) is 0 Å². The number of aromatic nitrogens is 2. The van der Waals surface area contributed by atoms with E-state index in [9.17, 15) is 5.11 Å². The van der Waals surface area contributed by atoms with Crippen LogP contribution in [0.4, 0.5) is 0 Å². The van der Waals surface area contributed by atoms with E-state index in [4.69, 9.17) is 0 Å². The second-order valence-electron chi connectivity index (χ2n) is 4.99. The van der Waals surface area contributed by atoms with Gasteiger partial charge in [-0.25, -0.2) is 4.98 Å². The van der Waals surface area contributed by atoms with Gasteiger partial charge in [-0.1, -0.05) is 0 Å². The van der Waals surface area contributed by atoms with Gasteiger partial charge in [-0.05, 0) is 31.7 Å². The van der Waals surface area contributed by atoms with Crippen molar-refractivity contribution in [2.45, 2.75) is 31.7 Å². The van der Waals surface area contributed by atoms with Gasteiger partial charge in [0.15, 0.2) is 0 Å². The number of aliphatic hydroxyl groups is 1. The first-order valence-corrected chi connectivity index (χ1v) is 6.24. The lowest BCUT2D eigenvalue weighted by molar-refractivity contribution is 0.199. The normalized spacial score (nSPS) is 29.3. The highest BCUT2D eigenvalue weighted by molar-refractivity contribution is 5.13. The maximum Gasteiger partial charge on any atom is 0.113 e. The predicted molar refractivity (Wildman–Crippen MR) is 61.4 cm³/mol. The van der Waals surface area contributed by atoms with Crippen LogP contribution in [0.15, 0.2) is 6.20 Å². The van der Waals surface area contributed by atoms with Gasteiger partial charge >= 0.3 is 0 Å². The largest absolute Gasteiger partial charge is 0.396 e. The Morgan fingerprint density at radius 1 is 1.50 bits per heavy atom. The molecule has 0 aliphatic carbocycles. The van der Waals surface area contributed by atoms with Gasteiger partial charge in [0, 0.05) is 37.5 Å². The molecule has 88 valence electrons. The van der Waals surface area contributed by atoms with Crippen LogP contribution in [0.2, 0.25) is 0 Å². The standard InChI is InChI=1S/C12H19N3O/c16-8-9-2-4-15-11(5-9)7-14-12(15)10-1-3-13-6-10/h7,9-10,13,16H,1-6,8H2. The van der Waals surface area contributed by atoms with Crippen molar-refractivity contribution in [2.24, 2.45) is 5.92 Å². The number of nitrogens with one attached hydrogen (secondary N) is 1. The van der Waals surface area contributed by atoms with E-state index < -0.39 is 0 Å². The average molecular weight is 221 g/mol. The predicted octanol–water partition coefficient (Wildman–Crippen LogP) is 0.515. The maximum atomic E-state index is 9.20. The molecule has 16 heavy (non-hydrogen) atoms. The van der Waals surface area contributed by atoms with Crippen molar-refractivity contribution < 1.29 is 5.11 Å². The summed E-state index contributed by atoms with van der Waals surface area (Å²) in [5.41, 5.74) is 1.31. The number of aliphatic hydroxyl groups excluding tert-OH is 1. The zero-order chi connectivity index (χ0) is 11.0. The Labute approximate surface area is 95.7 Å². The van der Waals surface area contributed by atoms with Crippen molar-refractivity contribution in [1.29, 1.82) is 0 Å². The fourth-order valence-corrected chi connectivity index (χ4v) is 2.91. The summed E-state index contributed by atoms with van der Waals surface area (Å²) in [6.07, 6.45) is 5.30. The van der Waals surface area contributed by atoms with Gasteiger partial charge < -0.3 is 15.0 Å². The third kappa shape index (κ3) is 1.66. The summed E-state index contributed by atoms with van der Waals surface area (Å²) in [7, 11) is 0. The van der Waals surface area contributed by atoms with Crippen LogP contribution in [0.3, 0.4) is 0 Å². The molecule has 0 aromatic carbocycles. The van der Waals surface area contributed by atoms with E-state index in [0.29, 0.717) is 18.4 Å². The highest BCUT2D eigenvalue weighted by Crippen LogP contribution is 2.27. The first-order chi connectivity index (χ1) is 7.88. The third-order valence-corrected chi connectivity index (χ3v) is 3.91. The molecule has 2 aliphatic heterocycles. The topological polar surface area (TPSA) is 50.1 Å². The van der Waals surface area contributed by atoms with Crippen LogP contribution in [0.25, 0.3) is 0 Å². The Morgan fingerprint density at radius 3 is 3.19 bits per heavy atom. The summed E-state index contributed by atoms with van der Waals surface area (Å²) in [6, 6.07) is 0. The van der Waals surface area contributed by atoms with Gasteiger partial charge in [0.2, 0.25) is 0 Å². The molecule has 0 bridgehead atoms. The first-order valence-electron chi connectivity index (χ1n) is 6.24. The van der Waals surface area contributed by atoms with Gasteiger partial charge in [0.05, 0.1) is 0 Å². The minimum absolute atomic E-state index is 0.311. The highest BCUT2D eigenvalue weighted by Gasteiger charge is 2.26. The fourth-order valence-electron chi connectivity index (χ4n) is 2.91. The molecular formula is C12H19N3O. The van der Waals surface area contributed by atoms with Gasteiger partial charge in [-0.15, -0.1) is 0 Å². The third-order valence-electron chi connectivity index (χ3n) is 3.91. The molecule has 0 spiro atoms. The number of hydrogen-bond donors (Lipinski definition) is 2. The molecule has 4 heteroatoms. The molecule has 1 aromatic rings. The number of rotatable bonds is 2. The summed E-state index contributed by atoms with van der Waals surface area (Å²) in [6.45, 7) is 3.53. The zero-order valence-electron chi connectivity index (χ0n) is 9.52. The van der Waals surface area contributed by atoms with Crippen LogP contribution in [-0.4, -0.2) is 34.4 Å². The van der Waals surface area contributed by atoms with Crippen LogP contribution < -0.4 is 5.32 Å². The number of hydrogen-bond acceptors (Lipinski definition) is 3. The monoisotopic (exact) mass is 221 g/mol. The maximum absolute atomic E-state index is 9.20. The van der Waals surface area contributed by atoms with Gasteiger partial charge in [-0.3, -0.25) is 0 Å². The summed E-state index contributed by atoms with van der Waals surface area (Å²) in [4.78, 5) is 4.59. The zero-order valence-corrected chi connectivity index (χ0v) is 9.52. The summed E-state index contributed by atoms with van der Waals surface area (Å²) in [5.74, 6) is 2.30. The molecule has 2 unspecified atom stereocenters. The molecule has 3 rings (SSSR count). The van der Waals surface area contributed by atoms with Crippen molar-refractivity contribution >= 4 is 0 Å². The number of imidazole rings is 1. The number of fused-ring (bicyclic) bond motifs is 1. The van der Waals surface area contributed by atoms with Crippen molar-refractivity contribution in [1.82, 2.24) is 14.9 Å². The lowest BCUT2D eigenvalue weighted by Gasteiger charge is -2.24. The van der Waals surface area contributed by atoms with Gasteiger partial charge in [-0.2, -0.15) is 0 Å². The van der Waals surface area contributed by atoms with Crippen LogP contribution in [-0.2, 0) is 13.0 Å². The van der Waals surface area contributed by atoms with Crippen LogP contribution in [0.1, 0.15) is 30.3 Å². The molecule has 2 aliphatic rings. The fraction of sp³-hybridized carbons (Fsp3) is 0.750. The quantitative estimate of drug-likeness (QED) is 0.765. The SMILES string of the molecule is OCC1CCn2c(cnc2C2CCNC2)C1. The Bertz CT molecular complexity index is 368. The van der Waals surface area contributed by atoms with Crippen molar-refractivity contribution in [3.05, 3.63) is 17.7 Å². The van der Waals surface area contributed by atoms with Crippen LogP contribution >= 0.6 is 0 Å².